The van der Waals surface area contributed by atoms with Crippen LogP contribution >= 0.6 is 0 Å². The molecule has 0 saturated heterocycles. The van der Waals surface area contributed by atoms with Gasteiger partial charge in [-0.1, -0.05) is 18.9 Å². The molecule has 1 aliphatic carbocycles. The lowest BCUT2D eigenvalue weighted by molar-refractivity contribution is 0.0267. The van der Waals surface area contributed by atoms with E-state index in [2.05, 4.69) is 5.32 Å². The Bertz CT molecular complexity index is 462. The van der Waals surface area contributed by atoms with Crippen molar-refractivity contribution in [3.63, 3.8) is 0 Å². The SMILES string of the molecule is O=C(OC1CCCCCC1)c1ccc2c(c1)NCC2. The smallest absolute Gasteiger partial charge is 0.338 e. The van der Waals surface area contributed by atoms with Crippen molar-refractivity contribution in [3.8, 4) is 0 Å². The second-order valence-electron chi connectivity index (χ2n) is 5.57. The number of carbonyl (C=O) groups excluding carboxylic acids is 1. The van der Waals surface area contributed by atoms with Crippen LogP contribution in [0.15, 0.2) is 18.2 Å². The van der Waals surface area contributed by atoms with Crippen molar-refractivity contribution in [2.24, 2.45) is 0 Å². The van der Waals surface area contributed by atoms with E-state index in [1.165, 1.54) is 31.2 Å². The maximum Gasteiger partial charge on any atom is 0.338 e. The van der Waals surface area contributed by atoms with E-state index >= 15 is 0 Å². The number of rotatable bonds is 2. The Hall–Kier alpha value is -1.51. The first kappa shape index (κ1) is 12.5. The normalized spacial score (nSPS) is 19.4. The number of hydrogen-bond donors (Lipinski definition) is 1. The van der Waals surface area contributed by atoms with Crippen LogP contribution in [0, 0.1) is 0 Å². The molecule has 1 saturated carbocycles. The highest BCUT2D eigenvalue weighted by Crippen LogP contribution is 2.25. The van der Waals surface area contributed by atoms with E-state index in [9.17, 15) is 4.79 Å². The van der Waals surface area contributed by atoms with E-state index in [0.29, 0.717) is 5.56 Å². The minimum atomic E-state index is -0.164. The maximum absolute atomic E-state index is 12.2. The van der Waals surface area contributed by atoms with Crippen molar-refractivity contribution < 1.29 is 9.53 Å². The van der Waals surface area contributed by atoms with E-state index in [-0.39, 0.29) is 12.1 Å². The first-order valence-corrected chi connectivity index (χ1v) is 7.41. The molecule has 2 aliphatic rings. The van der Waals surface area contributed by atoms with Gasteiger partial charge in [0.2, 0.25) is 0 Å². The Kier molecular flexibility index (Phi) is 3.72. The average Bonchev–Trinajstić information content (AvgIpc) is 2.75. The van der Waals surface area contributed by atoms with Gasteiger partial charge in [-0.15, -0.1) is 0 Å². The fourth-order valence-corrected chi connectivity index (χ4v) is 3.00. The molecule has 1 fully saturated rings. The largest absolute Gasteiger partial charge is 0.459 e. The number of esters is 1. The summed E-state index contributed by atoms with van der Waals surface area (Å²) in [5.41, 5.74) is 3.07. The summed E-state index contributed by atoms with van der Waals surface area (Å²) in [6.07, 6.45) is 8.13. The van der Waals surface area contributed by atoms with Gasteiger partial charge in [-0.25, -0.2) is 4.79 Å². The maximum atomic E-state index is 12.2. The molecule has 0 atom stereocenters. The summed E-state index contributed by atoms with van der Waals surface area (Å²) in [5, 5.41) is 3.30. The van der Waals surface area contributed by atoms with Crippen molar-refractivity contribution in [1.82, 2.24) is 0 Å². The van der Waals surface area contributed by atoms with Gasteiger partial charge in [-0.2, -0.15) is 0 Å². The number of fused-ring (bicyclic) bond motifs is 1. The summed E-state index contributed by atoms with van der Waals surface area (Å²) in [7, 11) is 0. The van der Waals surface area contributed by atoms with Gasteiger partial charge < -0.3 is 10.1 Å². The van der Waals surface area contributed by atoms with Crippen molar-refractivity contribution in [2.45, 2.75) is 51.0 Å². The molecule has 3 heteroatoms. The van der Waals surface area contributed by atoms with E-state index in [1.54, 1.807) is 0 Å². The summed E-state index contributed by atoms with van der Waals surface area (Å²) in [5.74, 6) is -0.164. The van der Waals surface area contributed by atoms with Crippen LogP contribution in [0.5, 0.6) is 0 Å². The monoisotopic (exact) mass is 259 g/mol. The molecule has 102 valence electrons. The Morgan fingerprint density at radius 1 is 1.16 bits per heavy atom. The summed E-state index contributed by atoms with van der Waals surface area (Å²) in [6, 6.07) is 5.87. The second kappa shape index (κ2) is 5.64. The summed E-state index contributed by atoms with van der Waals surface area (Å²) in [4.78, 5) is 12.2. The molecule has 3 rings (SSSR count). The molecule has 0 unspecified atom stereocenters. The minimum absolute atomic E-state index is 0.121. The predicted octanol–water partition coefficient (Wildman–Crippen LogP) is 3.53. The van der Waals surface area contributed by atoms with Crippen LogP contribution in [0.25, 0.3) is 0 Å². The molecule has 1 N–H and O–H groups in total. The third-order valence-corrected chi connectivity index (χ3v) is 4.13. The predicted molar refractivity (Wildman–Crippen MR) is 75.5 cm³/mol. The van der Waals surface area contributed by atoms with E-state index in [1.807, 2.05) is 18.2 Å². The molecule has 19 heavy (non-hydrogen) atoms. The summed E-state index contributed by atoms with van der Waals surface area (Å²) < 4.78 is 5.65. The first-order chi connectivity index (χ1) is 9.33. The Morgan fingerprint density at radius 3 is 2.74 bits per heavy atom. The highest BCUT2D eigenvalue weighted by Gasteiger charge is 2.19. The molecular weight excluding hydrogens is 238 g/mol. The number of carbonyl (C=O) groups is 1. The fourth-order valence-electron chi connectivity index (χ4n) is 3.00. The third-order valence-electron chi connectivity index (χ3n) is 4.13. The highest BCUT2D eigenvalue weighted by atomic mass is 16.5. The zero-order valence-electron chi connectivity index (χ0n) is 11.3. The first-order valence-electron chi connectivity index (χ1n) is 7.41. The number of hydrogen-bond acceptors (Lipinski definition) is 3. The topological polar surface area (TPSA) is 38.3 Å². The number of anilines is 1. The average molecular weight is 259 g/mol. The van der Waals surface area contributed by atoms with E-state index in [0.717, 1.165) is 31.5 Å². The van der Waals surface area contributed by atoms with Crippen molar-refractivity contribution >= 4 is 11.7 Å². The standard InChI is InChI=1S/C16H21NO2/c18-16(19-14-5-3-1-2-4-6-14)13-8-7-12-9-10-17-15(12)11-13/h7-8,11,14,17H,1-6,9-10H2. The van der Waals surface area contributed by atoms with Crippen LogP contribution in [-0.4, -0.2) is 18.6 Å². The van der Waals surface area contributed by atoms with Gasteiger partial charge in [0.25, 0.3) is 0 Å². The van der Waals surface area contributed by atoms with Gasteiger partial charge in [0.1, 0.15) is 6.10 Å². The molecule has 3 nitrogen and oxygen atoms in total. The number of benzene rings is 1. The van der Waals surface area contributed by atoms with Crippen LogP contribution < -0.4 is 5.32 Å². The van der Waals surface area contributed by atoms with Crippen molar-refractivity contribution in [3.05, 3.63) is 29.3 Å². The lowest BCUT2D eigenvalue weighted by atomic mass is 10.1. The Balaban J connectivity index is 1.66. The highest BCUT2D eigenvalue weighted by molar-refractivity contribution is 5.91. The van der Waals surface area contributed by atoms with Gasteiger partial charge in [0.15, 0.2) is 0 Å². The molecule has 0 radical (unpaired) electrons. The number of nitrogens with one attached hydrogen (secondary N) is 1. The molecule has 1 heterocycles. The molecular formula is C16H21NO2. The summed E-state index contributed by atoms with van der Waals surface area (Å²) >= 11 is 0. The second-order valence-corrected chi connectivity index (χ2v) is 5.57. The van der Waals surface area contributed by atoms with Crippen LogP contribution in [-0.2, 0) is 11.2 Å². The quantitative estimate of drug-likeness (QED) is 0.652. The molecule has 0 amide bonds. The molecule has 0 spiro atoms. The lowest BCUT2D eigenvalue weighted by Crippen LogP contribution is -2.17. The van der Waals surface area contributed by atoms with Crippen molar-refractivity contribution in [1.29, 1.82) is 0 Å². The zero-order chi connectivity index (χ0) is 13.1. The van der Waals surface area contributed by atoms with Crippen LogP contribution in [0.1, 0.15) is 54.4 Å². The number of ether oxygens (including phenoxy) is 1. The summed E-state index contributed by atoms with van der Waals surface area (Å²) in [6.45, 7) is 0.969. The van der Waals surface area contributed by atoms with Crippen molar-refractivity contribution in [2.75, 3.05) is 11.9 Å². The van der Waals surface area contributed by atoms with Gasteiger partial charge >= 0.3 is 5.97 Å². The van der Waals surface area contributed by atoms with Gasteiger partial charge in [0, 0.05) is 12.2 Å². The fraction of sp³-hybridized carbons (Fsp3) is 0.562. The zero-order valence-corrected chi connectivity index (χ0v) is 11.3. The third kappa shape index (κ3) is 2.91. The Morgan fingerprint density at radius 2 is 1.95 bits per heavy atom. The molecule has 1 aliphatic heterocycles. The van der Waals surface area contributed by atoms with Gasteiger partial charge in [-0.05, 0) is 49.8 Å². The van der Waals surface area contributed by atoms with Crippen LogP contribution in [0.3, 0.4) is 0 Å². The molecule has 1 aromatic rings. The van der Waals surface area contributed by atoms with Crippen LogP contribution in [0.2, 0.25) is 0 Å². The van der Waals surface area contributed by atoms with E-state index in [4.69, 9.17) is 4.74 Å². The molecule has 1 aromatic carbocycles. The minimum Gasteiger partial charge on any atom is -0.459 e. The van der Waals surface area contributed by atoms with Crippen LogP contribution in [0.4, 0.5) is 5.69 Å². The van der Waals surface area contributed by atoms with Gasteiger partial charge in [-0.3, -0.25) is 0 Å². The van der Waals surface area contributed by atoms with E-state index < -0.39 is 0 Å². The molecule has 0 bridgehead atoms. The molecule has 0 aromatic heterocycles. The van der Waals surface area contributed by atoms with Gasteiger partial charge in [0.05, 0.1) is 5.56 Å². The lowest BCUT2D eigenvalue weighted by Gasteiger charge is -2.15. The Labute approximate surface area is 114 Å².